The molecule has 0 aromatic heterocycles. The monoisotopic (exact) mass is 258 g/mol. The maximum Gasteiger partial charge on any atom is 0.416 e. The smallest absolute Gasteiger partial charge is 0.330 e. The molecule has 98 valence electrons. The Balaban J connectivity index is 2.33. The summed E-state index contributed by atoms with van der Waals surface area (Å²) in [5, 5.41) is 0. The lowest BCUT2D eigenvalue weighted by Gasteiger charge is -2.18. The van der Waals surface area contributed by atoms with Crippen molar-refractivity contribution in [1.82, 2.24) is 0 Å². The Hall–Kier alpha value is -1.56. The molecule has 1 aromatic rings. The van der Waals surface area contributed by atoms with Gasteiger partial charge in [-0.2, -0.15) is 13.2 Å². The largest absolute Gasteiger partial charge is 0.416 e. The number of amides is 1. The molecule has 1 aliphatic rings. The van der Waals surface area contributed by atoms with Crippen molar-refractivity contribution in [2.45, 2.75) is 19.0 Å². The van der Waals surface area contributed by atoms with Crippen LogP contribution in [0.2, 0.25) is 0 Å². The van der Waals surface area contributed by atoms with Crippen molar-refractivity contribution >= 4 is 11.6 Å². The highest BCUT2D eigenvalue weighted by Gasteiger charge is 2.34. The minimum Gasteiger partial charge on any atom is -0.330 e. The van der Waals surface area contributed by atoms with E-state index in [2.05, 4.69) is 0 Å². The molecule has 1 heterocycles. The highest BCUT2D eigenvalue weighted by molar-refractivity contribution is 6.01. The summed E-state index contributed by atoms with van der Waals surface area (Å²) in [5.74, 6) is -0.169. The number of rotatable bonds is 3. The normalized spacial score (nSPS) is 15.1. The van der Waals surface area contributed by atoms with Gasteiger partial charge in [-0.3, -0.25) is 4.79 Å². The van der Waals surface area contributed by atoms with E-state index in [9.17, 15) is 18.0 Å². The average molecular weight is 258 g/mol. The van der Waals surface area contributed by atoms with Crippen LogP contribution in [0.3, 0.4) is 0 Å². The van der Waals surface area contributed by atoms with E-state index in [1.165, 1.54) is 11.0 Å². The van der Waals surface area contributed by atoms with Crippen LogP contribution >= 0.6 is 0 Å². The van der Waals surface area contributed by atoms with Gasteiger partial charge in [-0.15, -0.1) is 0 Å². The number of hydrogen-bond acceptors (Lipinski definition) is 2. The zero-order valence-electron chi connectivity index (χ0n) is 9.63. The molecule has 0 aliphatic carbocycles. The van der Waals surface area contributed by atoms with E-state index in [4.69, 9.17) is 5.73 Å². The molecule has 0 saturated heterocycles. The number of carbonyl (C=O) groups is 1. The predicted octanol–water partition coefficient (Wildman–Crippen LogP) is 1.94. The summed E-state index contributed by atoms with van der Waals surface area (Å²) in [4.78, 5) is 13.1. The molecular formula is C12H13F3N2O. The van der Waals surface area contributed by atoms with E-state index >= 15 is 0 Å². The van der Waals surface area contributed by atoms with E-state index in [1.807, 2.05) is 0 Å². The fourth-order valence-corrected chi connectivity index (χ4v) is 2.03. The van der Waals surface area contributed by atoms with Gasteiger partial charge in [0.1, 0.15) is 0 Å². The number of benzene rings is 1. The van der Waals surface area contributed by atoms with E-state index < -0.39 is 11.7 Å². The van der Waals surface area contributed by atoms with Gasteiger partial charge in [0.15, 0.2) is 0 Å². The van der Waals surface area contributed by atoms with Crippen LogP contribution in [-0.4, -0.2) is 19.0 Å². The molecule has 0 saturated carbocycles. The molecule has 18 heavy (non-hydrogen) atoms. The fourth-order valence-electron chi connectivity index (χ4n) is 2.03. The number of fused-ring (bicyclic) bond motifs is 1. The third-order valence-corrected chi connectivity index (χ3v) is 2.93. The lowest BCUT2D eigenvalue weighted by Crippen LogP contribution is -2.29. The van der Waals surface area contributed by atoms with Crippen molar-refractivity contribution in [2.24, 2.45) is 5.73 Å². The van der Waals surface area contributed by atoms with Crippen molar-refractivity contribution in [3.63, 3.8) is 0 Å². The third kappa shape index (κ3) is 2.33. The van der Waals surface area contributed by atoms with Crippen LogP contribution < -0.4 is 10.6 Å². The average Bonchev–Trinajstić information content (AvgIpc) is 2.60. The Labute approximate surface area is 102 Å². The Bertz CT molecular complexity index is 471. The SMILES string of the molecule is NCCCN1C(=O)Cc2ccc(C(F)(F)F)cc21. The van der Waals surface area contributed by atoms with Gasteiger partial charge in [-0.1, -0.05) is 6.07 Å². The van der Waals surface area contributed by atoms with Crippen molar-refractivity contribution < 1.29 is 18.0 Å². The van der Waals surface area contributed by atoms with Crippen LogP contribution in [0.4, 0.5) is 18.9 Å². The maximum absolute atomic E-state index is 12.6. The lowest BCUT2D eigenvalue weighted by molar-refractivity contribution is -0.137. The number of alkyl halides is 3. The second kappa shape index (κ2) is 4.61. The minimum absolute atomic E-state index is 0.165. The number of nitrogens with zero attached hydrogens (tertiary/aromatic N) is 1. The molecule has 1 amide bonds. The van der Waals surface area contributed by atoms with Crippen LogP contribution in [0.5, 0.6) is 0 Å². The van der Waals surface area contributed by atoms with Crippen molar-refractivity contribution in [1.29, 1.82) is 0 Å². The molecular weight excluding hydrogens is 245 g/mol. The summed E-state index contributed by atoms with van der Waals surface area (Å²) >= 11 is 0. The Morgan fingerprint density at radius 2 is 2.06 bits per heavy atom. The predicted molar refractivity (Wildman–Crippen MR) is 61.2 cm³/mol. The van der Waals surface area contributed by atoms with E-state index in [1.54, 1.807) is 0 Å². The number of halogens is 3. The summed E-state index contributed by atoms with van der Waals surface area (Å²) in [6.45, 7) is 0.766. The van der Waals surface area contributed by atoms with Gasteiger partial charge >= 0.3 is 6.18 Å². The van der Waals surface area contributed by atoms with Gasteiger partial charge in [0.25, 0.3) is 0 Å². The number of carbonyl (C=O) groups excluding carboxylic acids is 1. The van der Waals surface area contributed by atoms with Gasteiger partial charge in [-0.25, -0.2) is 0 Å². The Morgan fingerprint density at radius 3 is 2.67 bits per heavy atom. The second-order valence-corrected chi connectivity index (χ2v) is 4.21. The number of anilines is 1. The van der Waals surface area contributed by atoms with Crippen LogP contribution in [-0.2, 0) is 17.4 Å². The second-order valence-electron chi connectivity index (χ2n) is 4.21. The lowest BCUT2D eigenvalue weighted by atomic mass is 10.1. The van der Waals surface area contributed by atoms with Crippen LogP contribution in [0.15, 0.2) is 18.2 Å². The first kappa shape index (κ1) is 12.9. The summed E-state index contributed by atoms with van der Waals surface area (Å²) < 4.78 is 37.8. The highest BCUT2D eigenvalue weighted by Crippen LogP contribution is 2.36. The first-order valence-electron chi connectivity index (χ1n) is 5.64. The molecule has 1 aliphatic heterocycles. The minimum atomic E-state index is -4.39. The first-order chi connectivity index (χ1) is 8.43. The molecule has 0 fully saturated rings. The molecule has 0 atom stereocenters. The van der Waals surface area contributed by atoms with Crippen molar-refractivity contribution in [2.75, 3.05) is 18.0 Å². The van der Waals surface area contributed by atoms with E-state index in [0.29, 0.717) is 30.8 Å². The molecule has 1 aromatic carbocycles. The molecule has 2 N–H and O–H groups in total. The number of nitrogens with two attached hydrogens (primary N) is 1. The summed E-state index contributed by atoms with van der Waals surface area (Å²) in [7, 11) is 0. The fraction of sp³-hybridized carbons (Fsp3) is 0.417. The Morgan fingerprint density at radius 1 is 1.33 bits per heavy atom. The van der Waals surface area contributed by atoms with Gasteiger partial charge < -0.3 is 10.6 Å². The highest BCUT2D eigenvalue weighted by atomic mass is 19.4. The first-order valence-corrected chi connectivity index (χ1v) is 5.64. The third-order valence-electron chi connectivity index (χ3n) is 2.93. The molecule has 0 radical (unpaired) electrons. The topological polar surface area (TPSA) is 46.3 Å². The molecule has 2 rings (SSSR count). The van der Waals surface area contributed by atoms with Crippen molar-refractivity contribution in [3.05, 3.63) is 29.3 Å². The zero-order valence-corrected chi connectivity index (χ0v) is 9.63. The Kier molecular flexibility index (Phi) is 3.30. The quantitative estimate of drug-likeness (QED) is 0.900. The van der Waals surface area contributed by atoms with Gasteiger partial charge in [0, 0.05) is 12.2 Å². The van der Waals surface area contributed by atoms with Gasteiger partial charge in [0.2, 0.25) is 5.91 Å². The molecule has 3 nitrogen and oxygen atoms in total. The summed E-state index contributed by atoms with van der Waals surface area (Å²) in [5.41, 5.74) is 5.63. The molecule has 6 heteroatoms. The standard InChI is InChI=1S/C12H13F3N2O/c13-12(14,15)9-3-2-8-6-11(18)17(5-1-4-16)10(8)7-9/h2-3,7H,1,4-6,16H2. The molecule has 0 bridgehead atoms. The van der Waals surface area contributed by atoms with E-state index in [0.717, 1.165) is 12.1 Å². The van der Waals surface area contributed by atoms with Crippen molar-refractivity contribution in [3.8, 4) is 0 Å². The molecule has 0 unspecified atom stereocenters. The van der Waals surface area contributed by atoms with Crippen LogP contribution in [0.1, 0.15) is 17.5 Å². The summed E-state index contributed by atoms with van der Waals surface area (Å²) in [6, 6.07) is 3.42. The molecule has 0 spiro atoms. The van der Waals surface area contributed by atoms with Crippen LogP contribution in [0.25, 0.3) is 0 Å². The number of hydrogen-bond donors (Lipinski definition) is 1. The van der Waals surface area contributed by atoms with Crippen LogP contribution in [0, 0.1) is 0 Å². The van der Waals surface area contributed by atoms with E-state index in [-0.39, 0.29) is 12.3 Å². The zero-order chi connectivity index (χ0) is 13.3. The summed E-state index contributed by atoms with van der Waals surface area (Å²) in [6.07, 6.45) is -3.65. The maximum atomic E-state index is 12.6. The van der Waals surface area contributed by atoms with Gasteiger partial charge in [0.05, 0.1) is 12.0 Å². The van der Waals surface area contributed by atoms with Gasteiger partial charge in [-0.05, 0) is 30.7 Å².